The van der Waals surface area contributed by atoms with Gasteiger partial charge in [-0.15, -0.1) is 0 Å². The number of hydrogen-bond acceptors (Lipinski definition) is 4. The number of halogens is 1. The van der Waals surface area contributed by atoms with Crippen LogP contribution in [0.4, 0.5) is 21.6 Å². The molecule has 4 nitrogen and oxygen atoms in total. The van der Waals surface area contributed by atoms with Gasteiger partial charge in [-0.1, -0.05) is 0 Å². The largest absolute Gasteiger partial charge is 0.491 e. The summed E-state index contributed by atoms with van der Waals surface area (Å²) in [6.45, 7) is 2.25. The van der Waals surface area contributed by atoms with E-state index in [1.54, 1.807) is 30.5 Å². The second-order valence-corrected chi connectivity index (χ2v) is 3.67. The molecule has 1 aromatic heterocycles. The smallest absolute Gasteiger partial charge is 0.167 e. The van der Waals surface area contributed by atoms with Crippen molar-refractivity contribution in [3.05, 3.63) is 42.3 Å². The Balaban J connectivity index is 2.14. The summed E-state index contributed by atoms with van der Waals surface area (Å²) in [5.74, 6) is 0.294. The molecule has 0 fully saturated rings. The fraction of sp³-hybridized carbons (Fsp3) is 0.154. The molecule has 0 atom stereocenters. The Morgan fingerprint density at radius 3 is 2.67 bits per heavy atom. The monoisotopic (exact) mass is 247 g/mol. The third-order valence-corrected chi connectivity index (χ3v) is 2.31. The van der Waals surface area contributed by atoms with Gasteiger partial charge < -0.3 is 15.8 Å². The highest BCUT2D eigenvalue weighted by Gasteiger charge is 2.04. The lowest BCUT2D eigenvalue weighted by atomic mass is 10.2. The number of pyridine rings is 1. The van der Waals surface area contributed by atoms with E-state index in [9.17, 15) is 4.39 Å². The van der Waals surface area contributed by atoms with Gasteiger partial charge in [0.1, 0.15) is 5.82 Å². The molecule has 2 rings (SSSR count). The molecule has 0 saturated carbocycles. The minimum atomic E-state index is -0.398. The molecule has 1 aromatic carbocycles. The fourth-order valence-corrected chi connectivity index (χ4v) is 1.50. The molecule has 2 aromatic rings. The maximum Gasteiger partial charge on any atom is 0.167 e. The Morgan fingerprint density at radius 1 is 1.28 bits per heavy atom. The van der Waals surface area contributed by atoms with E-state index < -0.39 is 5.82 Å². The number of benzene rings is 1. The summed E-state index contributed by atoms with van der Waals surface area (Å²) in [7, 11) is 0. The second-order valence-electron chi connectivity index (χ2n) is 3.67. The van der Waals surface area contributed by atoms with Gasteiger partial charge in [-0.2, -0.15) is 0 Å². The number of ether oxygens (including phenoxy) is 1. The van der Waals surface area contributed by atoms with E-state index in [2.05, 4.69) is 10.3 Å². The quantitative estimate of drug-likeness (QED) is 0.872. The zero-order valence-corrected chi connectivity index (χ0v) is 9.98. The van der Waals surface area contributed by atoms with Gasteiger partial charge in [-0.05, 0) is 31.2 Å². The van der Waals surface area contributed by atoms with E-state index >= 15 is 0 Å². The van der Waals surface area contributed by atoms with Crippen LogP contribution in [0, 0.1) is 5.82 Å². The zero-order valence-electron chi connectivity index (χ0n) is 9.98. The Bertz CT molecular complexity index is 528. The van der Waals surface area contributed by atoms with E-state index in [1.807, 2.05) is 6.92 Å². The molecule has 0 unspecified atom stereocenters. The zero-order chi connectivity index (χ0) is 13.0. The summed E-state index contributed by atoms with van der Waals surface area (Å²) in [5.41, 5.74) is 6.85. The third kappa shape index (κ3) is 2.88. The number of aromatic nitrogens is 1. The molecule has 18 heavy (non-hydrogen) atoms. The van der Waals surface area contributed by atoms with Crippen LogP contribution in [0.3, 0.4) is 0 Å². The predicted octanol–water partition coefficient (Wildman–Crippen LogP) is 2.95. The van der Waals surface area contributed by atoms with E-state index in [-0.39, 0.29) is 5.75 Å². The first kappa shape index (κ1) is 12.2. The lowest BCUT2D eigenvalue weighted by molar-refractivity contribution is 0.321. The van der Waals surface area contributed by atoms with Gasteiger partial charge in [0.2, 0.25) is 0 Å². The Morgan fingerprint density at radius 2 is 2.06 bits per heavy atom. The number of nitrogen functional groups attached to an aromatic ring is 1. The highest BCUT2D eigenvalue weighted by atomic mass is 19.1. The summed E-state index contributed by atoms with van der Waals surface area (Å²) in [5, 5.41) is 3.03. The topological polar surface area (TPSA) is 60.2 Å². The van der Waals surface area contributed by atoms with Crippen LogP contribution in [0.2, 0.25) is 0 Å². The number of nitrogens with two attached hydrogens (primary N) is 1. The Hall–Kier alpha value is -2.30. The summed E-state index contributed by atoms with van der Waals surface area (Å²) in [6.07, 6.45) is 1.59. The van der Waals surface area contributed by atoms with Gasteiger partial charge in [0.25, 0.3) is 0 Å². The van der Waals surface area contributed by atoms with Crippen LogP contribution < -0.4 is 15.8 Å². The molecule has 94 valence electrons. The van der Waals surface area contributed by atoms with Crippen LogP contribution in [-0.2, 0) is 0 Å². The fourth-order valence-electron chi connectivity index (χ4n) is 1.50. The average molecular weight is 247 g/mol. The van der Waals surface area contributed by atoms with Crippen molar-refractivity contribution < 1.29 is 9.13 Å². The first-order chi connectivity index (χ1) is 8.69. The van der Waals surface area contributed by atoms with E-state index in [4.69, 9.17) is 10.5 Å². The van der Waals surface area contributed by atoms with Gasteiger partial charge in [0.05, 0.1) is 18.5 Å². The Labute approximate surface area is 105 Å². The highest BCUT2D eigenvalue weighted by molar-refractivity contribution is 5.60. The standard InChI is InChI=1S/C13H14FN3O/c1-2-18-12-5-3-9(7-11(12)14)17-10-4-6-13(15)16-8-10/h3-8,17H,2H2,1H3,(H2,15,16). The SMILES string of the molecule is CCOc1ccc(Nc2ccc(N)nc2)cc1F. The van der Waals surface area contributed by atoms with Crippen molar-refractivity contribution in [2.75, 3.05) is 17.7 Å². The first-order valence-corrected chi connectivity index (χ1v) is 5.60. The Kier molecular flexibility index (Phi) is 3.62. The second kappa shape index (κ2) is 5.35. The van der Waals surface area contributed by atoms with E-state index in [0.717, 1.165) is 5.69 Å². The molecular formula is C13H14FN3O. The average Bonchev–Trinajstić information content (AvgIpc) is 2.36. The van der Waals surface area contributed by atoms with Crippen molar-refractivity contribution in [1.82, 2.24) is 4.98 Å². The normalized spacial score (nSPS) is 10.1. The van der Waals surface area contributed by atoms with Crippen molar-refractivity contribution in [3.63, 3.8) is 0 Å². The lowest BCUT2D eigenvalue weighted by Gasteiger charge is -2.09. The maximum atomic E-state index is 13.6. The van der Waals surface area contributed by atoms with Crippen LogP contribution in [0.15, 0.2) is 36.5 Å². The van der Waals surface area contributed by atoms with Gasteiger partial charge in [0.15, 0.2) is 11.6 Å². The number of hydrogen-bond donors (Lipinski definition) is 2. The van der Waals surface area contributed by atoms with Crippen molar-refractivity contribution in [1.29, 1.82) is 0 Å². The molecule has 0 aliphatic rings. The van der Waals surface area contributed by atoms with Gasteiger partial charge >= 0.3 is 0 Å². The third-order valence-electron chi connectivity index (χ3n) is 2.31. The number of nitrogens with zero attached hydrogens (tertiary/aromatic N) is 1. The summed E-state index contributed by atoms with van der Waals surface area (Å²) < 4.78 is 18.7. The molecule has 0 radical (unpaired) electrons. The van der Waals surface area contributed by atoms with Gasteiger partial charge in [-0.25, -0.2) is 9.37 Å². The molecule has 3 N–H and O–H groups in total. The minimum absolute atomic E-state index is 0.249. The first-order valence-electron chi connectivity index (χ1n) is 5.60. The van der Waals surface area contributed by atoms with Crippen LogP contribution in [0.25, 0.3) is 0 Å². The molecule has 0 aliphatic heterocycles. The van der Waals surface area contributed by atoms with Crippen LogP contribution in [0.5, 0.6) is 5.75 Å². The predicted molar refractivity (Wildman–Crippen MR) is 69.5 cm³/mol. The van der Waals surface area contributed by atoms with Crippen molar-refractivity contribution in [3.8, 4) is 5.75 Å². The summed E-state index contributed by atoms with van der Waals surface area (Å²) >= 11 is 0. The number of rotatable bonds is 4. The maximum absolute atomic E-state index is 13.6. The molecule has 1 heterocycles. The minimum Gasteiger partial charge on any atom is -0.491 e. The summed E-state index contributed by atoms with van der Waals surface area (Å²) in [6, 6.07) is 8.15. The van der Waals surface area contributed by atoms with Crippen molar-refractivity contribution >= 4 is 17.2 Å². The van der Waals surface area contributed by atoms with E-state index in [1.165, 1.54) is 6.07 Å². The number of nitrogens with one attached hydrogen (secondary N) is 1. The molecule has 0 saturated heterocycles. The molecule has 0 amide bonds. The van der Waals surface area contributed by atoms with Crippen molar-refractivity contribution in [2.45, 2.75) is 6.92 Å². The molecule has 0 spiro atoms. The number of anilines is 3. The molecule has 5 heteroatoms. The van der Waals surface area contributed by atoms with Crippen LogP contribution in [0.1, 0.15) is 6.92 Å². The molecule has 0 aliphatic carbocycles. The molecular weight excluding hydrogens is 233 g/mol. The highest BCUT2D eigenvalue weighted by Crippen LogP contribution is 2.23. The van der Waals surface area contributed by atoms with Crippen molar-refractivity contribution in [2.24, 2.45) is 0 Å². The van der Waals surface area contributed by atoms with E-state index in [0.29, 0.717) is 18.1 Å². The summed E-state index contributed by atoms with van der Waals surface area (Å²) in [4.78, 5) is 3.94. The van der Waals surface area contributed by atoms with Crippen LogP contribution in [-0.4, -0.2) is 11.6 Å². The van der Waals surface area contributed by atoms with Gasteiger partial charge in [0, 0.05) is 11.8 Å². The van der Waals surface area contributed by atoms with Gasteiger partial charge in [-0.3, -0.25) is 0 Å². The lowest BCUT2D eigenvalue weighted by Crippen LogP contribution is -1.97. The molecule has 0 bridgehead atoms. The van der Waals surface area contributed by atoms with Crippen LogP contribution >= 0.6 is 0 Å².